The zero-order chi connectivity index (χ0) is 38.2. The van der Waals surface area contributed by atoms with E-state index in [0.717, 1.165) is 0 Å². The standard InChI is InChI=1S/C34H53N5O11/c1-11-47-27(41)19-36-29(43)24(16-20(2)3)38-26(40)18-35-28(42)21(4)37-30(44)25(39-31(45)49-33(5,6)7)17-22-12-14-23(15-13-22)48-32(46)50-34(8,9)10/h12-15,20-21,24-25H,11,16-19H2,1-10H3,(H,35,42)(H,36,43)(H,37,44)(H,38,40)(H,39,45)/t21-,24+,25-/m0/s1. The number of esters is 1. The van der Waals surface area contributed by atoms with Gasteiger partial charge in [0.05, 0.1) is 13.2 Å². The van der Waals surface area contributed by atoms with Crippen LogP contribution in [0.3, 0.4) is 0 Å². The number of benzene rings is 1. The number of carbonyl (C=O) groups is 7. The van der Waals surface area contributed by atoms with Gasteiger partial charge in [0, 0.05) is 6.42 Å². The fourth-order valence-corrected chi connectivity index (χ4v) is 4.10. The maximum Gasteiger partial charge on any atom is 0.514 e. The Morgan fingerprint density at radius 3 is 1.82 bits per heavy atom. The van der Waals surface area contributed by atoms with Crippen LogP contribution < -0.4 is 31.3 Å². The first kappa shape index (κ1) is 43.1. The smallest absolute Gasteiger partial charge is 0.465 e. The summed E-state index contributed by atoms with van der Waals surface area (Å²) in [6, 6.07) is 2.89. The number of hydrogen-bond donors (Lipinski definition) is 5. The first-order valence-electron chi connectivity index (χ1n) is 16.4. The van der Waals surface area contributed by atoms with E-state index in [1.165, 1.54) is 19.1 Å². The maximum absolute atomic E-state index is 13.3. The average molecular weight is 708 g/mol. The van der Waals surface area contributed by atoms with Gasteiger partial charge in [-0.3, -0.25) is 24.0 Å². The van der Waals surface area contributed by atoms with E-state index in [0.29, 0.717) is 5.56 Å². The molecule has 0 saturated heterocycles. The Kier molecular flexibility index (Phi) is 17.2. The molecule has 0 unspecified atom stereocenters. The summed E-state index contributed by atoms with van der Waals surface area (Å²) in [5, 5.41) is 12.4. The second kappa shape index (κ2) is 19.9. The van der Waals surface area contributed by atoms with Gasteiger partial charge in [-0.1, -0.05) is 26.0 Å². The molecule has 16 heteroatoms. The Morgan fingerprint density at radius 2 is 1.28 bits per heavy atom. The molecule has 16 nitrogen and oxygen atoms in total. The van der Waals surface area contributed by atoms with Gasteiger partial charge >= 0.3 is 18.2 Å². The monoisotopic (exact) mass is 707 g/mol. The molecule has 280 valence electrons. The van der Waals surface area contributed by atoms with Crippen molar-refractivity contribution in [2.75, 3.05) is 19.7 Å². The van der Waals surface area contributed by atoms with Crippen molar-refractivity contribution < 1.29 is 52.5 Å². The number of ether oxygens (including phenoxy) is 4. The van der Waals surface area contributed by atoms with Crippen molar-refractivity contribution in [2.45, 2.75) is 111 Å². The Morgan fingerprint density at radius 1 is 0.700 bits per heavy atom. The van der Waals surface area contributed by atoms with E-state index in [2.05, 4.69) is 26.6 Å². The topological polar surface area (TPSA) is 217 Å². The molecule has 0 saturated carbocycles. The third-order valence-electron chi connectivity index (χ3n) is 6.21. The fraction of sp³-hybridized carbons (Fsp3) is 0.618. The van der Waals surface area contributed by atoms with Crippen LogP contribution in [0.2, 0.25) is 0 Å². The molecule has 3 atom stereocenters. The molecule has 1 aromatic rings. The van der Waals surface area contributed by atoms with Crippen molar-refractivity contribution in [1.82, 2.24) is 26.6 Å². The van der Waals surface area contributed by atoms with E-state index in [4.69, 9.17) is 18.9 Å². The van der Waals surface area contributed by atoms with Gasteiger partial charge in [0.2, 0.25) is 23.6 Å². The number of carbonyl (C=O) groups excluding carboxylic acids is 7. The summed E-state index contributed by atoms with van der Waals surface area (Å²) in [5.41, 5.74) is -1.02. The van der Waals surface area contributed by atoms with Crippen LogP contribution >= 0.6 is 0 Å². The van der Waals surface area contributed by atoms with Crippen LogP contribution in [0.4, 0.5) is 9.59 Å². The van der Waals surface area contributed by atoms with Gasteiger partial charge in [-0.05, 0) is 85.4 Å². The summed E-state index contributed by atoms with van der Waals surface area (Å²) in [5.74, 6) is -3.08. The highest BCUT2D eigenvalue weighted by molar-refractivity contribution is 5.94. The maximum atomic E-state index is 13.3. The van der Waals surface area contributed by atoms with Crippen LogP contribution in [-0.2, 0) is 44.6 Å². The van der Waals surface area contributed by atoms with Crippen LogP contribution in [0, 0.1) is 5.92 Å². The molecule has 0 spiro atoms. The van der Waals surface area contributed by atoms with E-state index in [1.54, 1.807) is 60.6 Å². The number of alkyl carbamates (subject to hydrolysis) is 1. The molecule has 0 aliphatic rings. The van der Waals surface area contributed by atoms with Gasteiger partial charge in [0.25, 0.3) is 0 Å². The van der Waals surface area contributed by atoms with Gasteiger partial charge in [-0.15, -0.1) is 0 Å². The molecule has 0 aliphatic heterocycles. The van der Waals surface area contributed by atoms with Gasteiger partial charge in [-0.2, -0.15) is 0 Å². The molecule has 0 aliphatic carbocycles. The highest BCUT2D eigenvalue weighted by Gasteiger charge is 2.28. The Balaban J connectivity index is 2.89. The van der Waals surface area contributed by atoms with E-state index < -0.39 is 77.7 Å². The SMILES string of the molecule is CCOC(=O)CNC(=O)[C@@H](CC(C)C)NC(=O)CNC(=O)[C@H](C)NC(=O)[C@H](Cc1ccc(OC(=O)OC(C)(C)C)cc1)NC(=O)OC(C)(C)C. The number of amides is 5. The van der Waals surface area contributed by atoms with E-state index in [-0.39, 0.29) is 37.7 Å². The number of rotatable bonds is 16. The molecule has 1 rings (SSSR count). The summed E-state index contributed by atoms with van der Waals surface area (Å²) in [6.45, 7) is 16.1. The third kappa shape index (κ3) is 18.6. The molecule has 5 amide bonds. The zero-order valence-electron chi connectivity index (χ0n) is 30.6. The average Bonchev–Trinajstić information content (AvgIpc) is 2.96. The predicted octanol–water partition coefficient (Wildman–Crippen LogP) is 2.27. The normalized spacial score (nSPS) is 13.1. The molecule has 1 aromatic carbocycles. The van der Waals surface area contributed by atoms with Gasteiger partial charge in [-0.25, -0.2) is 9.59 Å². The molecule has 5 N–H and O–H groups in total. The third-order valence-corrected chi connectivity index (χ3v) is 6.21. The lowest BCUT2D eigenvalue weighted by Crippen LogP contribution is -2.55. The van der Waals surface area contributed by atoms with Crippen molar-refractivity contribution in [3.8, 4) is 5.75 Å². The first-order valence-corrected chi connectivity index (χ1v) is 16.4. The van der Waals surface area contributed by atoms with E-state index in [1.807, 2.05) is 13.8 Å². The lowest BCUT2D eigenvalue weighted by atomic mass is 10.0. The van der Waals surface area contributed by atoms with Gasteiger partial charge < -0.3 is 45.5 Å². The molecule has 0 bridgehead atoms. The highest BCUT2D eigenvalue weighted by Crippen LogP contribution is 2.17. The van der Waals surface area contributed by atoms with Crippen molar-refractivity contribution in [3.63, 3.8) is 0 Å². The lowest BCUT2D eigenvalue weighted by Gasteiger charge is -2.24. The second-order valence-corrected chi connectivity index (χ2v) is 13.8. The Hall–Kier alpha value is -4.89. The van der Waals surface area contributed by atoms with Crippen LogP contribution in [0.5, 0.6) is 5.75 Å². The number of nitrogens with one attached hydrogen (secondary N) is 5. The number of hydrogen-bond acceptors (Lipinski definition) is 11. The van der Waals surface area contributed by atoms with Crippen molar-refractivity contribution in [1.29, 1.82) is 0 Å². The molecular weight excluding hydrogens is 654 g/mol. The van der Waals surface area contributed by atoms with Crippen LogP contribution in [-0.4, -0.2) is 90.9 Å². The predicted molar refractivity (Wildman–Crippen MR) is 182 cm³/mol. The summed E-state index contributed by atoms with van der Waals surface area (Å²) < 4.78 is 20.4. The zero-order valence-corrected chi connectivity index (χ0v) is 30.6. The molecule has 0 fully saturated rings. The van der Waals surface area contributed by atoms with Crippen molar-refractivity contribution in [3.05, 3.63) is 29.8 Å². The lowest BCUT2D eigenvalue weighted by molar-refractivity contribution is -0.143. The van der Waals surface area contributed by atoms with Crippen LogP contribution in [0.1, 0.15) is 81.2 Å². The second-order valence-electron chi connectivity index (χ2n) is 13.8. The molecule has 0 heterocycles. The van der Waals surface area contributed by atoms with Crippen LogP contribution in [0.25, 0.3) is 0 Å². The molecule has 0 aromatic heterocycles. The van der Waals surface area contributed by atoms with Crippen molar-refractivity contribution >= 4 is 41.8 Å². The van der Waals surface area contributed by atoms with Gasteiger partial charge in [0.1, 0.15) is 41.6 Å². The summed E-state index contributed by atoms with van der Waals surface area (Å²) in [7, 11) is 0. The minimum atomic E-state index is -1.19. The minimum Gasteiger partial charge on any atom is -0.465 e. The first-order chi connectivity index (χ1) is 23.1. The van der Waals surface area contributed by atoms with Crippen LogP contribution in [0.15, 0.2) is 24.3 Å². The van der Waals surface area contributed by atoms with E-state index >= 15 is 0 Å². The van der Waals surface area contributed by atoms with Crippen molar-refractivity contribution in [2.24, 2.45) is 5.92 Å². The highest BCUT2D eigenvalue weighted by atomic mass is 16.7. The molecule has 0 radical (unpaired) electrons. The summed E-state index contributed by atoms with van der Waals surface area (Å²) in [4.78, 5) is 87.6. The summed E-state index contributed by atoms with van der Waals surface area (Å²) >= 11 is 0. The van der Waals surface area contributed by atoms with Gasteiger partial charge in [0.15, 0.2) is 0 Å². The minimum absolute atomic E-state index is 0.0178. The summed E-state index contributed by atoms with van der Waals surface area (Å²) in [6.07, 6.45) is -1.50. The molecule has 50 heavy (non-hydrogen) atoms. The molecular formula is C34H53N5O11. The largest absolute Gasteiger partial charge is 0.514 e. The Labute approximate surface area is 293 Å². The quantitative estimate of drug-likeness (QED) is 0.0954. The van der Waals surface area contributed by atoms with E-state index in [9.17, 15) is 33.6 Å². The fourth-order valence-electron chi connectivity index (χ4n) is 4.10. The Bertz CT molecular complexity index is 1330.